The lowest BCUT2D eigenvalue weighted by atomic mass is 9.91. The lowest BCUT2D eigenvalue weighted by Gasteiger charge is -2.41. The summed E-state index contributed by atoms with van der Waals surface area (Å²) in [6, 6.07) is 4.91. The lowest BCUT2D eigenvalue weighted by molar-refractivity contribution is -0.0819. The summed E-state index contributed by atoms with van der Waals surface area (Å²) in [6.45, 7) is 5.63. The Balaban J connectivity index is 1.95. The molecule has 0 aliphatic carbocycles. The molecule has 1 aromatic rings. The van der Waals surface area contributed by atoms with Crippen LogP contribution >= 0.6 is 11.6 Å². The summed E-state index contributed by atoms with van der Waals surface area (Å²) in [4.78, 5) is 12.8. The first-order valence-corrected chi connectivity index (χ1v) is 7.90. The summed E-state index contributed by atoms with van der Waals surface area (Å²) < 4.78 is 42.9. The van der Waals surface area contributed by atoms with Crippen LogP contribution in [0.4, 0.5) is 23.7 Å². The summed E-state index contributed by atoms with van der Waals surface area (Å²) in [6.07, 6.45) is -5.85. The van der Waals surface area contributed by atoms with Gasteiger partial charge >= 0.3 is 6.09 Å². The van der Waals surface area contributed by atoms with Gasteiger partial charge in [-0.25, -0.2) is 18.0 Å². The van der Waals surface area contributed by atoms with E-state index in [1.54, 1.807) is 39.0 Å². The summed E-state index contributed by atoms with van der Waals surface area (Å²) in [5, 5.41) is 2.96. The maximum Gasteiger partial charge on any atom is 0.412 e. The first-order chi connectivity index (χ1) is 11.1. The second kappa shape index (κ2) is 7.19. The number of amides is 1. The van der Waals surface area contributed by atoms with Crippen molar-refractivity contribution in [3.8, 4) is 0 Å². The van der Waals surface area contributed by atoms with E-state index in [-0.39, 0.29) is 19.0 Å². The number of carbonyl (C=O) groups excluding carboxylic acids is 1. The molecule has 0 bridgehead atoms. The van der Waals surface area contributed by atoms with Crippen LogP contribution in [0, 0.1) is 0 Å². The number of alkyl halides is 3. The predicted molar refractivity (Wildman–Crippen MR) is 86.5 cm³/mol. The van der Waals surface area contributed by atoms with Crippen LogP contribution in [0.5, 0.6) is 0 Å². The quantitative estimate of drug-likeness (QED) is 0.791. The number of hydrogen-bond donors (Lipinski definition) is 1. The van der Waals surface area contributed by atoms with Crippen LogP contribution in [-0.2, 0) is 4.74 Å². The highest BCUT2D eigenvalue weighted by molar-refractivity contribution is 6.31. The van der Waals surface area contributed by atoms with Gasteiger partial charge in [-0.2, -0.15) is 0 Å². The predicted octanol–water partition coefficient (Wildman–Crippen LogP) is 4.65. The van der Waals surface area contributed by atoms with Crippen molar-refractivity contribution < 1.29 is 22.7 Å². The largest absolute Gasteiger partial charge is 0.444 e. The summed E-state index contributed by atoms with van der Waals surface area (Å²) in [7, 11) is 0. The Morgan fingerprint density at radius 1 is 1.33 bits per heavy atom. The van der Waals surface area contributed by atoms with Crippen molar-refractivity contribution in [3.05, 3.63) is 28.8 Å². The number of benzene rings is 1. The van der Waals surface area contributed by atoms with E-state index in [0.29, 0.717) is 10.7 Å². The van der Waals surface area contributed by atoms with Crippen LogP contribution in [0.2, 0.25) is 5.02 Å². The fraction of sp³-hybridized carbons (Fsp3) is 0.562. The zero-order chi connectivity index (χ0) is 18.1. The number of likely N-dealkylation sites (tertiary alicyclic amines) is 1. The number of nitrogens with one attached hydrogen (secondary N) is 1. The van der Waals surface area contributed by atoms with Crippen molar-refractivity contribution in [3.63, 3.8) is 0 Å². The Bertz CT molecular complexity index is 601. The van der Waals surface area contributed by atoms with E-state index in [9.17, 15) is 18.0 Å². The van der Waals surface area contributed by atoms with E-state index in [1.807, 2.05) is 0 Å². The summed E-state index contributed by atoms with van der Waals surface area (Å²) >= 11 is 6.19. The SMILES string of the molecule is CC(C)(C)OC(=O)Nc1ccc(C2CN(C(F)C(F)F)C2)c(Cl)c1. The normalized spacial score (nSPS) is 17.5. The van der Waals surface area contributed by atoms with Crippen molar-refractivity contribution in [2.75, 3.05) is 18.4 Å². The number of ether oxygens (including phenoxy) is 1. The number of carbonyl (C=O) groups is 1. The van der Waals surface area contributed by atoms with Crippen LogP contribution in [-0.4, -0.2) is 42.4 Å². The van der Waals surface area contributed by atoms with Crippen molar-refractivity contribution in [2.45, 2.75) is 45.0 Å². The second-order valence-corrected chi connectivity index (χ2v) is 7.13. The molecule has 4 nitrogen and oxygen atoms in total. The van der Waals surface area contributed by atoms with Crippen LogP contribution < -0.4 is 5.32 Å². The zero-order valence-electron chi connectivity index (χ0n) is 13.7. The van der Waals surface area contributed by atoms with Crippen molar-refractivity contribution in [2.24, 2.45) is 0 Å². The van der Waals surface area contributed by atoms with E-state index in [1.165, 1.54) is 0 Å². The highest BCUT2D eigenvalue weighted by Gasteiger charge is 2.38. The molecular weight excluding hydrogens is 345 g/mol. The minimum Gasteiger partial charge on any atom is -0.444 e. The summed E-state index contributed by atoms with van der Waals surface area (Å²) in [5.74, 6) is -0.106. The maximum atomic E-state index is 13.2. The van der Waals surface area contributed by atoms with Gasteiger partial charge in [-0.1, -0.05) is 17.7 Å². The van der Waals surface area contributed by atoms with Gasteiger partial charge in [0.1, 0.15) is 5.60 Å². The maximum absolute atomic E-state index is 13.2. The zero-order valence-corrected chi connectivity index (χ0v) is 14.4. The molecule has 1 unspecified atom stereocenters. The molecule has 0 saturated carbocycles. The van der Waals surface area contributed by atoms with Crippen LogP contribution in [0.3, 0.4) is 0 Å². The van der Waals surface area contributed by atoms with Gasteiger partial charge in [0.15, 0.2) is 0 Å². The molecule has 1 fully saturated rings. The Morgan fingerprint density at radius 2 is 1.96 bits per heavy atom. The van der Waals surface area contributed by atoms with Crippen LogP contribution in [0.1, 0.15) is 32.3 Å². The number of halogens is 4. The van der Waals surface area contributed by atoms with Gasteiger partial charge < -0.3 is 4.74 Å². The first-order valence-electron chi connectivity index (χ1n) is 7.52. The molecule has 2 rings (SSSR count). The molecule has 1 atom stereocenters. The molecule has 0 aromatic heterocycles. The van der Waals surface area contributed by atoms with Crippen molar-refractivity contribution >= 4 is 23.4 Å². The number of anilines is 1. The molecule has 0 radical (unpaired) electrons. The number of hydrogen-bond acceptors (Lipinski definition) is 3. The van der Waals surface area contributed by atoms with E-state index in [2.05, 4.69) is 5.32 Å². The fourth-order valence-corrected chi connectivity index (χ4v) is 2.76. The molecule has 0 spiro atoms. The Morgan fingerprint density at radius 3 is 2.46 bits per heavy atom. The molecule has 1 aliphatic heterocycles. The third kappa shape index (κ3) is 4.77. The topological polar surface area (TPSA) is 41.6 Å². The first kappa shape index (κ1) is 18.9. The molecule has 1 aromatic carbocycles. The lowest BCUT2D eigenvalue weighted by Crippen LogP contribution is -2.51. The van der Waals surface area contributed by atoms with E-state index < -0.39 is 24.4 Å². The molecule has 1 saturated heterocycles. The molecule has 1 amide bonds. The van der Waals surface area contributed by atoms with Crippen molar-refractivity contribution in [1.29, 1.82) is 0 Å². The monoisotopic (exact) mass is 364 g/mol. The average Bonchev–Trinajstić information content (AvgIpc) is 2.36. The second-order valence-electron chi connectivity index (χ2n) is 6.72. The molecule has 24 heavy (non-hydrogen) atoms. The van der Waals surface area contributed by atoms with Gasteiger partial charge in [-0.15, -0.1) is 0 Å². The molecule has 1 aliphatic rings. The fourth-order valence-electron chi connectivity index (χ4n) is 2.43. The molecule has 1 heterocycles. The Hall–Kier alpha value is -1.47. The molecule has 8 heteroatoms. The third-order valence-electron chi connectivity index (χ3n) is 3.55. The molecule has 1 N–H and O–H groups in total. The van der Waals surface area contributed by atoms with Crippen molar-refractivity contribution in [1.82, 2.24) is 4.90 Å². The standard InChI is InChI=1S/C16H20ClF3N2O2/c1-16(2,3)24-15(23)21-10-4-5-11(12(17)6-10)9-7-22(8-9)14(20)13(18)19/h4-6,9,13-14H,7-8H2,1-3H3,(H,21,23). The van der Waals surface area contributed by atoms with Crippen LogP contribution in [0.15, 0.2) is 18.2 Å². The number of nitrogens with zero attached hydrogens (tertiary/aromatic N) is 1. The minimum atomic E-state index is -3.01. The minimum absolute atomic E-state index is 0.106. The van der Waals surface area contributed by atoms with E-state index in [0.717, 1.165) is 10.5 Å². The smallest absolute Gasteiger partial charge is 0.412 e. The highest BCUT2D eigenvalue weighted by Crippen LogP contribution is 2.35. The van der Waals surface area contributed by atoms with Gasteiger partial charge in [0, 0.05) is 29.7 Å². The average molecular weight is 365 g/mol. The molecule has 134 valence electrons. The van der Waals surface area contributed by atoms with Gasteiger partial charge in [0.25, 0.3) is 6.43 Å². The van der Waals surface area contributed by atoms with Gasteiger partial charge in [-0.05, 0) is 38.5 Å². The van der Waals surface area contributed by atoms with E-state index in [4.69, 9.17) is 16.3 Å². The highest BCUT2D eigenvalue weighted by atomic mass is 35.5. The third-order valence-corrected chi connectivity index (χ3v) is 3.88. The number of rotatable bonds is 4. The Labute approximate surface area is 143 Å². The van der Waals surface area contributed by atoms with Gasteiger partial charge in [0.05, 0.1) is 0 Å². The van der Waals surface area contributed by atoms with Gasteiger partial charge in [-0.3, -0.25) is 10.2 Å². The van der Waals surface area contributed by atoms with Crippen LogP contribution in [0.25, 0.3) is 0 Å². The molecular formula is C16H20ClF3N2O2. The Kier molecular flexibility index (Phi) is 5.65. The summed E-state index contributed by atoms with van der Waals surface area (Å²) in [5.41, 5.74) is 0.589. The van der Waals surface area contributed by atoms with Gasteiger partial charge in [0.2, 0.25) is 6.30 Å². The van der Waals surface area contributed by atoms with E-state index >= 15 is 0 Å².